The number of rotatable bonds is 2. The quantitative estimate of drug-likeness (QED) is 0.850. The Labute approximate surface area is 106 Å². The van der Waals surface area contributed by atoms with Crippen LogP contribution in [0.15, 0.2) is 24.3 Å². The number of aliphatic hydroxyl groups is 1. The van der Waals surface area contributed by atoms with Crippen molar-refractivity contribution in [1.82, 2.24) is 0 Å². The Hall–Kier alpha value is -1.03. The number of hydrogen-bond acceptors (Lipinski definition) is 1. The van der Waals surface area contributed by atoms with Crippen LogP contribution in [0.1, 0.15) is 38.8 Å². The van der Waals surface area contributed by atoms with Gasteiger partial charge in [0, 0.05) is 6.42 Å². The predicted octanol–water partition coefficient (Wildman–Crippen LogP) is 4.05. The van der Waals surface area contributed by atoms with Gasteiger partial charge in [0.15, 0.2) is 0 Å². The minimum Gasteiger partial charge on any atom is -0.389 e. The smallest absolute Gasteiger partial charge is 0.389 e. The van der Waals surface area contributed by atoms with Gasteiger partial charge in [-0.15, -0.1) is 0 Å². The van der Waals surface area contributed by atoms with Crippen LogP contribution in [0.25, 0.3) is 0 Å². The van der Waals surface area contributed by atoms with Crippen LogP contribution in [0.3, 0.4) is 0 Å². The van der Waals surface area contributed by atoms with Crippen LogP contribution in [0.5, 0.6) is 0 Å². The van der Waals surface area contributed by atoms with Crippen LogP contribution >= 0.6 is 0 Å². The lowest BCUT2D eigenvalue weighted by atomic mass is 9.74. The van der Waals surface area contributed by atoms with E-state index in [1.807, 2.05) is 20.8 Å². The highest BCUT2D eigenvalue weighted by Crippen LogP contribution is 2.34. The summed E-state index contributed by atoms with van der Waals surface area (Å²) in [5, 5.41) is 10.3. The average molecular weight is 260 g/mol. The molecule has 1 N–H and O–H groups in total. The fourth-order valence-corrected chi connectivity index (χ4v) is 1.47. The molecule has 1 atom stereocenters. The Balaban J connectivity index is 2.89. The molecule has 1 aromatic carbocycles. The molecule has 0 spiro atoms. The van der Waals surface area contributed by atoms with Gasteiger partial charge >= 0.3 is 6.18 Å². The lowest BCUT2D eigenvalue weighted by molar-refractivity contribution is -0.137. The fourth-order valence-electron chi connectivity index (χ4n) is 1.47. The highest BCUT2D eigenvalue weighted by molar-refractivity contribution is 5.26. The first-order valence-electron chi connectivity index (χ1n) is 5.82. The summed E-state index contributed by atoms with van der Waals surface area (Å²) < 4.78 is 37.2. The van der Waals surface area contributed by atoms with Gasteiger partial charge in [0.05, 0.1) is 11.2 Å². The van der Waals surface area contributed by atoms with Gasteiger partial charge in [-0.25, -0.2) is 0 Å². The first kappa shape index (κ1) is 15.0. The minimum absolute atomic E-state index is 0.328. The number of halogens is 3. The Morgan fingerprint density at radius 1 is 0.944 bits per heavy atom. The average Bonchev–Trinajstić information content (AvgIpc) is 2.14. The first-order chi connectivity index (χ1) is 7.93. The summed E-state index contributed by atoms with van der Waals surface area (Å²) in [7, 11) is 0. The lowest BCUT2D eigenvalue weighted by Crippen LogP contribution is -2.41. The predicted molar refractivity (Wildman–Crippen MR) is 65.2 cm³/mol. The molecule has 0 aromatic heterocycles. The van der Waals surface area contributed by atoms with Crippen molar-refractivity contribution in [3.8, 4) is 0 Å². The molecule has 0 bridgehead atoms. The van der Waals surface area contributed by atoms with Crippen molar-refractivity contribution in [3.63, 3.8) is 0 Å². The van der Waals surface area contributed by atoms with Gasteiger partial charge in [-0.1, -0.05) is 32.9 Å². The molecule has 0 heterocycles. The zero-order chi connectivity index (χ0) is 14.2. The highest BCUT2D eigenvalue weighted by Gasteiger charge is 2.35. The summed E-state index contributed by atoms with van der Waals surface area (Å²) in [6, 6.07) is 4.94. The molecule has 0 saturated heterocycles. The molecule has 0 aliphatic rings. The molecular weight excluding hydrogens is 241 g/mol. The van der Waals surface area contributed by atoms with Crippen molar-refractivity contribution in [2.75, 3.05) is 0 Å². The molecule has 0 amide bonds. The molecule has 18 heavy (non-hydrogen) atoms. The van der Waals surface area contributed by atoms with E-state index in [1.54, 1.807) is 6.92 Å². The van der Waals surface area contributed by atoms with Crippen molar-refractivity contribution in [1.29, 1.82) is 0 Å². The van der Waals surface area contributed by atoms with Crippen LogP contribution in [0.4, 0.5) is 13.2 Å². The molecule has 1 unspecified atom stereocenters. The third-order valence-corrected chi connectivity index (χ3v) is 3.45. The molecule has 102 valence electrons. The molecule has 1 aromatic rings. The molecule has 0 fully saturated rings. The van der Waals surface area contributed by atoms with Crippen LogP contribution in [0.2, 0.25) is 0 Å². The highest BCUT2D eigenvalue weighted by atomic mass is 19.4. The van der Waals surface area contributed by atoms with E-state index in [9.17, 15) is 18.3 Å². The molecule has 0 aliphatic heterocycles. The van der Waals surface area contributed by atoms with Crippen LogP contribution in [-0.2, 0) is 12.6 Å². The number of alkyl halides is 3. The number of benzene rings is 1. The van der Waals surface area contributed by atoms with E-state index in [1.165, 1.54) is 12.1 Å². The van der Waals surface area contributed by atoms with Crippen molar-refractivity contribution in [2.45, 2.75) is 45.9 Å². The summed E-state index contributed by atoms with van der Waals surface area (Å²) in [6.07, 6.45) is -3.99. The Kier molecular flexibility index (Phi) is 3.82. The van der Waals surface area contributed by atoms with E-state index in [-0.39, 0.29) is 5.41 Å². The third-order valence-electron chi connectivity index (χ3n) is 3.45. The maximum Gasteiger partial charge on any atom is 0.416 e. The summed E-state index contributed by atoms with van der Waals surface area (Å²) in [6.45, 7) is 7.40. The monoisotopic (exact) mass is 260 g/mol. The van der Waals surface area contributed by atoms with Gasteiger partial charge in [-0.2, -0.15) is 13.2 Å². The fraction of sp³-hybridized carbons (Fsp3) is 0.571. The maximum atomic E-state index is 12.4. The third kappa shape index (κ3) is 3.48. The summed E-state index contributed by atoms with van der Waals surface area (Å²) in [5.41, 5.74) is -1.27. The van der Waals surface area contributed by atoms with Crippen molar-refractivity contribution >= 4 is 0 Å². The molecule has 4 heteroatoms. The Morgan fingerprint density at radius 3 is 1.72 bits per heavy atom. The lowest BCUT2D eigenvalue weighted by Gasteiger charge is -2.37. The molecule has 0 saturated carbocycles. The Bertz CT molecular complexity index is 397. The number of hydrogen-bond donors (Lipinski definition) is 1. The first-order valence-corrected chi connectivity index (χ1v) is 5.82. The maximum absolute atomic E-state index is 12.4. The molecular formula is C14H19F3O. The van der Waals surface area contributed by atoms with E-state index in [2.05, 4.69) is 0 Å². The zero-order valence-electron chi connectivity index (χ0n) is 11.1. The van der Waals surface area contributed by atoms with Crippen LogP contribution in [0, 0.1) is 5.41 Å². The summed E-state index contributed by atoms with van der Waals surface area (Å²) in [5.74, 6) is 0. The SMILES string of the molecule is CC(C)(C)C(C)(O)Cc1ccc(C(F)(F)F)cc1. The van der Waals surface area contributed by atoms with E-state index in [4.69, 9.17) is 0 Å². The standard InChI is InChI=1S/C14H19F3O/c1-12(2,3)13(4,18)9-10-5-7-11(8-6-10)14(15,16)17/h5-8,18H,9H2,1-4H3. The summed E-state index contributed by atoms with van der Waals surface area (Å²) >= 11 is 0. The van der Waals surface area contributed by atoms with Crippen molar-refractivity contribution in [3.05, 3.63) is 35.4 Å². The van der Waals surface area contributed by atoms with Crippen molar-refractivity contribution < 1.29 is 18.3 Å². The van der Waals surface area contributed by atoms with Gasteiger partial charge in [0.2, 0.25) is 0 Å². The van der Waals surface area contributed by atoms with Crippen LogP contribution in [-0.4, -0.2) is 10.7 Å². The van der Waals surface area contributed by atoms with Gasteiger partial charge in [-0.05, 0) is 30.0 Å². The largest absolute Gasteiger partial charge is 0.416 e. The van der Waals surface area contributed by atoms with Gasteiger partial charge in [0.25, 0.3) is 0 Å². The Morgan fingerprint density at radius 2 is 1.39 bits per heavy atom. The second-order valence-corrected chi connectivity index (χ2v) is 5.90. The van der Waals surface area contributed by atoms with E-state index < -0.39 is 17.3 Å². The second kappa shape index (κ2) is 4.57. The second-order valence-electron chi connectivity index (χ2n) is 5.90. The topological polar surface area (TPSA) is 20.2 Å². The minimum atomic E-state index is -4.31. The molecule has 0 radical (unpaired) electrons. The van der Waals surface area contributed by atoms with E-state index in [0.29, 0.717) is 12.0 Å². The molecule has 1 rings (SSSR count). The summed E-state index contributed by atoms with van der Waals surface area (Å²) in [4.78, 5) is 0. The van der Waals surface area contributed by atoms with Crippen LogP contribution < -0.4 is 0 Å². The van der Waals surface area contributed by atoms with Gasteiger partial charge in [0.1, 0.15) is 0 Å². The molecule has 0 aliphatic carbocycles. The van der Waals surface area contributed by atoms with Crippen molar-refractivity contribution in [2.24, 2.45) is 5.41 Å². The van der Waals surface area contributed by atoms with E-state index in [0.717, 1.165) is 12.1 Å². The molecule has 1 nitrogen and oxygen atoms in total. The normalized spacial score (nSPS) is 16.4. The zero-order valence-corrected chi connectivity index (χ0v) is 11.1. The van der Waals surface area contributed by atoms with Gasteiger partial charge in [-0.3, -0.25) is 0 Å². The van der Waals surface area contributed by atoms with Gasteiger partial charge < -0.3 is 5.11 Å². The van der Waals surface area contributed by atoms with E-state index >= 15 is 0 Å².